The molecule has 2 aromatic heterocycles. The fraction of sp³-hybridized carbons (Fsp3) is 0.440. The lowest BCUT2D eigenvalue weighted by atomic mass is 10.2. The lowest BCUT2D eigenvalue weighted by molar-refractivity contribution is -0.115. The highest BCUT2D eigenvalue weighted by molar-refractivity contribution is 5.93. The van der Waals surface area contributed by atoms with E-state index in [1.165, 1.54) is 4.57 Å². The van der Waals surface area contributed by atoms with Gasteiger partial charge in [0.2, 0.25) is 5.91 Å². The van der Waals surface area contributed by atoms with Crippen LogP contribution in [0.5, 0.6) is 0 Å². The van der Waals surface area contributed by atoms with Crippen molar-refractivity contribution in [2.24, 2.45) is 0 Å². The number of aromatic amines is 1. The fourth-order valence-electron chi connectivity index (χ4n) is 4.68. The van der Waals surface area contributed by atoms with E-state index in [2.05, 4.69) is 15.4 Å². The number of H-pyrrole nitrogens is 1. The van der Waals surface area contributed by atoms with E-state index in [9.17, 15) is 14.4 Å². The molecule has 0 radical (unpaired) electrons. The van der Waals surface area contributed by atoms with Crippen molar-refractivity contribution in [2.75, 3.05) is 42.8 Å². The zero-order valence-electron chi connectivity index (χ0n) is 20.5. The van der Waals surface area contributed by atoms with E-state index in [-0.39, 0.29) is 36.5 Å². The number of carbonyl (C=O) groups is 1. The second kappa shape index (κ2) is 11.7. The molecule has 0 unspecified atom stereocenters. The Morgan fingerprint density at radius 2 is 1.97 bits per heavy atom. The van der Waals surface area contributed by atoms with Gasteiger partial charge in [-0.1, -0.05) is 43.2 Å². The molecule has 1 fully saturated rings. The summed E-state index contributed by atoms with van der Waals surface area (Å²) in [6.45, 7) is 0.832. The number of nitrogens with zero attached hydrogens (tertiary/aromatic N) is 4. The third kappa shape index (κ3) is 5.85. The largest absolute Gasteiger partial charge is 0.385 e. The molecule has 11 nitrogen and oxygen atoms in total. The van der Waals surface area contributed by atoms with Crippen LogP contribution >= 0.6 is 0 Å². The minimum absolute atomic E-state index is 0.00816. The van der Waals surface area contributed by atoms with Gasteiger partial charge in [0.1, 0.15) is 17.3 Å². The summed E-state index contributed by atoms with van der Waals surface area (Å²) < 4.78 is 8.33. The Hall–Kier alpha value is -3.86. The SMILES string of the molecule is COCCCN(CC(=O)Nc1ccnn1C1CCCC1)c1c(N)n(Cc2ccccc2)c(=O)[nH]c1=O. The van der Waals surface area contributed by atoms with Crippen LogP contribution in [0.4, 0.5) is 17.3 Å². The van der Waals surface area contributed by atoms with Crippen LogP contribution in [0.15, 0.2) is 52.2 Å². The molecule has 2 heterocycles. The van der Waals surface area contributed by atoms with Crippen molar-refractivity contribution in [1.29, 1.82) is 0 Å². The summed E-state index contributed by atoms with van der Waals surface area (Å²) in [5, 5.41) is 7.33. The second-order valence-electron chi connectivity index (χ2n) is 8.98. The molecular formula is C25H33N7O4. The number of nitrogen functional groups attached to an aromatic ring is 1. The maximum absolute atomic E-state index is 13.1. The molecule has 1 aliphatic rings. The number of aromatic nitrogens is 4. The first-order valence-electron chi connectivity index (χ1n) is 12.2. The first-order valence-corrected chi connectivity index (χ1v) is 12.2. The van der Waals surface area contributed by atoms with Crippen molar-refractivity contribution < 1.29 is 9.53 Å². The molecule has 3 aromatic rings. The number of nitrogens with one attached hydrogen (secondary N) is 2. The number of amides is 1. The molecule has 0 aliphatic heterocycles. The molecule has 11 heteroatoms. The standard InChI is InChI=1S/C25H33N7O4/c1-36-15-7-14-30(17-21(33)28-20-12-13-27-32(20)19-10-5-6-11-19)22-23(26)31(25(35)29-24(22)34)16-18-8-3-2-4-9-18/h2-4,8-9,12-13,19H,5-7,10-11,14-17,26H2,1H3,(H,28,33)(H,29,34,35). The molecule has 0 spiro atoms. The van der Waals surface area contributed by atoms with Gasteiger partial charge in [-0.3, -0.25) is 19.1 Å². The molecule has 1 amide bonds. The Balaban J connectivity index is 1.59. The highest BCUT2D eigenvalue weighted by Crippen LogP contribution is 2.31. The summed E-state index contributed by atoms with van der Waals surface area (Å²) >= 11 is 0. The maximum Gasteiger partial charge on any atom is 0.330 e. The zero-order chi connectivity index (χ0) is 25.5. The van der Waals surface area contributed by atoms with Gasteiger partial charge in [0.15, 0.2) is 0 Å². The predicted octanol–water partition coefficient (Wildman–Crippen LogP) is 1.96. The highest BCUT2D eigenvalue weighted by Gasteiger charge is 2.24. The molecule has 36 heavy (non-hydrogen) atoms. The van der Waals surface area contributed by atoms with Gasteiger partial charge in [-0.05, 0) is 24.8 Å². The van der Waals surface area contributed by atoms with Crippen molar-refractivity contribution >= 4 is 23.2 Å². The minimum Gasteiger partial charge on any atom is -0.385 e. The summed E-state index contributed by atoms with van der Waals surface area (Å²) in [4.78, 5) is 42.6. The van der Waals surface area contributed by atoms with Gasteiger partial charge in [0.25, 0.3) is 5.56 Å². The van der Waals surface area contributed by atoms with E-state index in [1.807, 2.05) is 35.0 Å². The number of nitrogens with two attached hydrogens (primary N) is 1. The molecular weight excluding hydrogens is 462 g/mol. The molecule has 1 aliphatic carbocycles. The van der Waals surface area contributed by atoms with Crippen LogP contribution in [0, 0.1) is 0 Å². The Morgan fingerprint density at radius 3 is 2.69 bits per heavy atom. The van der Waals surface area contributed by atoms with E-state index >= 15 is 0 Å². The Morgan fingerprint density at radius 1 is 1.22 bits per heavy atom. The summed E-state index contributed by atoms with van der Waals surface area (Å²) in [6.07, 6.45) is 6.58. The van der Waals surface area contributed by atoms with Crippen molar-refractivity contribution in [2.45, 2.75) is 44.7 Å². The normalized spacial score (nSPS) is 13.7. The smallest absolute Gasteiger partial charge is 0.330 e. The first kappa shape index (κ1) is 25.2. The topological polar surface area (TPSA) is 140 Å². The molecule has 0 bridgehead atoms. The first-order chi connectivity index (χ1) is 17.5. The summed E-state index contributed by atoms with van der Waals surface area (Å²) in [5.74, 6) is 0.320. The molecule has 4 N–H and O–H groups in total. The average molecular weight is 496 g/mol. The van der Waals surface area contributed by atoms with Crippen LogP contribution in [-0.2, 0) is 16.1 Å². The zero-order valence-corrected chi connectivity index (χ0v) is 20.5. The molecule has 4 rings (SSSR count). The number of rotatable bonds is 11. The number of methoxy groups -OCH3 is 1. The van der Waals surface area contributed by atoms with Crippen LogP contribution < -0.4 is 27.2 Å². The molecule has 1 saturated carbocycles. The number of hydrogen-bond acceptors (Lipinski definition) is 7. The van der Waals surface area contributed by atoms with E-state index in [1.54, 1.807) is 24.3 Å². The van der Waals surface area contributed by atoms with Gasteiger partial charge in [-0.2, -0.15) is 5.10 Å². The third-order valence-corrected chi connectivity index (χ3v) is 6.43. The minimum atomic E-state index is -0.636. The third-order valence-electron chi connectivity index (χ3n) is 6.43. The second-order valence-corrected chi connectivity index (χ2v) is 8.98. The van der Waals surface area contributed by atoms with Gasteiger partial charge in [0, 0.05) is 26.3 Å². The van der Waals surface area contributed by atoms with E-state index in [0.29, 0.717) is 25.4 Å². The number of anilines is 3. The number of carbonyl (C=O) groups excluding carboxylic acids is 1. The summed E-state index contributed by atoms with van der Waals surface area (Å²) in [6, 6.07) is 11.4. The molecule has 192 valence electrons. The van der Waals surface area contributed by atoms with Crippen molar-refractivity contribution in [1.82, 2.24) is 19.3 Å². The Labute approximate surface area is 208 Å². The van der Waals surface area contributed by atoms with Crippen molar-refractivity contribution in [3.63, 3.8) is 0 Å². The van der Waals surface area contributed by atoms with Gasteiger partial charge in [-0.25, -0.2) is 9.48 Å². The number of hydrogen-bond donors (Lipinski definition) is 3. The van der Waals surface area contributed by atoms with Crippen LogP contribution in [-0.4, -0.2) is 52.0 Å². The van der Waals surface area contributed by atoms with Crippen LogP contribution in [0.3, 0.4) is 0 Å². The lowest BCUT2D eigenvalue weighted by Crippen LogP contribution is -2.42. The highest BCUT2D eigenvalue weighted by atomic mass is 16.5. The monoisotopic (exact) mass is 495 g/mol. The van der Waals surface area contributed by atoms with E-state index in [0.717, 1.165) is 31.2 Å². The van der Waals surface area contributed by atoms with Crippen molar-refractivity contribution in [3.05, 3.63) is 69.0 Å². The fourth-order valence-corrected chi connectivity index (χ4v) is 4.68. The predicted molar refractivity (Wildman–Crippen MR) is 138 cm³/mol. The van der Waals surface area contributed by atoms with Gasteiger partial charge >= 0.3 is 5.69 Å². The Kier molecular flexibility index (Phi) is 8.21. The summed E-state index contributed by atoms with van der Waals surface area (Å²) in [7, 11) is 1.59. The quantitative estimate of drug-likeness (QED) is 0.345. The van der Waals surface area contributed by atoms with Gasteiger partial charge < -0.3 is 20.7 Å². The summed E-state index contributed by atoms with van der Waals surface area (Å²) in [5.41, 5.74) is 6.08. The van der Waals surface area contributed by atoms with Gasteiger partial charge in [-0.15, -0.1) is 0 Å². The molecule has 1 aromatic carbocycles. The number of ether oxygens (including phenoxy) is 1. The van der Waals surface area contributed by atoms with Crippen LogP contribution in [0.2, 0.25) is 0 Å². The van der Waals surface area contributed by atoms with Crippen LogP contribution in [0.25, 0.3) is 0 Å². The van der Waals surface area contributed by atoms with Gasteiger partial charge in [0.05, 0.1) is 25.3 Å². The van der Waals surface area contributed by atoms with Crippen molar-refractivity contribution in [3.8, 4) is 0 Å². The van der Waals surface area contributed by atoms with E-state index < -0.39 is 11.2 Å². The van der Waals surface area contributed by atoms with Crippen LogP contribution in [0.1, 0.15) is 43.7 Å². The molecule has 0 saturated heterocycles. The number of benzene rings is 1. The Bertz CT molecular complexity index is 1280. The average Bonchev–Trinajstić information content (AvgIpc) is 3.54. The molecule has 0 atom stereocenters. The van der Waals surface area contributed by atoms with E-state index in [4.69, 9.17) is 10.5 Å². The maximum atomic E-state index is 13.1. The lowest BCUT2D eigenvalue weighted by Gasteiger charge is -2.26.